The van der Waals surface area contributed by atoms with Crippen molar-refractivity contribution in [1.82, 2.24) is 9.55 Å². The topological polar surface area (TPSA) is 43.8 Å². The first kappa shape index (κ1) is 13.6. The maximum atomic E-state index is 13.3. The van der Waals surface area contributed by atoms with Crippen LogP contribution in [0.1, 0.15) is 25.3 Å². The number of rotatable bonds is 4. The van der Waals surface area contributed by atoms with Crippen LogP contribution in [0.25, 0.3) is 16.7 Å². The second kappa shape index (κ2) is 5.56. The fourth-order valence-electron chi connectivity index (χ4n) is 2.54. The summed E-state index contributed by atoms with van der Waals surface area (Å²) in [6.45, 7) is 2.19. The van der Waals surface area contributed by atoms with E-state index in [4.69, 9.17) is 5.73 Å². The van der Waals surface area contributed by atoms with Crippen molar-refractivity contribution < 1.29 is 4.39 Å². The number of fused-ring (bicyclic) bond motifs is 1. The average Bonchev–Trinajstić information content (AvgIpc) is 2.80. The quantitative estimate of drug-likeness (QED) is 0.783. The van der Waals surface area contributed by atoms with E-state index in [0.29, 0.717) is 11.5 Å². The van der Waals surface area contributed by atoms with Crippen LogP contribution in [0.2, 0.25) is 0 Å². The van der Waals surface area contributed by atoms with Gasteiger partial charge in [0.2, 0.25) is 5.95 Å². The van der Waals surface area contributed by atoms with Crippen LogP contribution < -0.4 is 5.73 Å². The summed E-state index contributed by atoms with van der Waals surface area (Å²) in [5.41, 5.74) is 9.63. The van der Waals surface area contributed by atoms with Crippen molar-refractivity contribution in [2.45, 2.75) is 26.2 Å². The van der Waals surface area contributed by atoms with Gasteiger partial charge in [-0.2, -0.15) is 0 Å². The molecule has 0 amide bonds. The molecule has 0 unspecified atom stereocenters. The number of anilines is 1. The number of halogens is 1. The Morgan fingerprint density at radius 2 is 1.90 bits per heavy atom. The second-order valence-corrected chi connectivity index (χ2v) is 5.21. The summed E-state index contributed by atoms with van der Waals surface area (Å²) in [5.74, 6) is 0.0685. The maximum Gasteiger partial charge on any atom is 0.205 e. The molecule has 3 nitrogen and oxygen atoms in total. The predicted molar refractivity (Wildman–Crippen MR) is 84.1 cm³/mol. The standard InChI is InChI=1S/C17H18FN3/c1-2-3-4-12-5-8-14(9-6-12)21-16-10-7-13(18)11-15(16)20-17(21)19/h5-11H,2-4H2,1H3,(H2,19,20). The van der Waals surface area contributed by atoms with Gasteiger partial charge in [-0.15, -0.1) is 0 Å². The summed E-state index contributed by atoms with van der Waals surface area (Å²) in [4.78, 5) is 4.22. The number of unbranched alkanes of at least 4 members (excludes halogenated alkanes) is 1. The van der Waals surface area contributed by atoms with E-state index >= 15 is 0 Å². The molecule has 0 bridgehead atoms. The molecule has 0 fully saturated rings. The zero-order chi connectivity index (χ0) is 14.8. The molecular weight excluding hydrogens is 265 g/mol. The molecule has 0 aliphatic carbocycles. The Morgan fingerprint density at radius 1 is 1.14 bits per heavy atom. The smallest absolute Gasteiger partial charge is 0.205 e. The molecule has 21 heavy (non-hydrogen) atoms. The Kier molecular flexibility index (Phi) is 3.60. The molecule has 0 atom stereocenters. The van der Waals surface area contributed by atoms with Crippen molar-refractivity contribution in [3.05, 3.63) is 53.8 Å². The summed E-state index contributed by atoms with van der Waals surface area (Å²) in [6, 6.07) is 12.8. The highest BCUT2D eigenvalue weighted by Crippen LogP contribution is 2.24. The van der Waals surface area contributed by atoms with E-state index in [1.807, 2.05) is 16.7 Å². The maximum absolute atomic E-state index is 13.3. The predicted octanol–water partition coefficient (Wildman–Crippen LogP) is 4.09. The third-order valence-corrected chi connectivity index (χ3v) is 3.66. The molecule has 3 rings (SSSR count). The van der Waals surface area contributed by atoms with E-state index in [-0.39, 0.29) is 5.82 Å². The number of aryl methyl sites for hydroxylation is 1. The third kappa shape index (κ3) is 2.61. The van der Waals surface area contributed by atoms with Crippen LogP contribution in [0.3, 0.4) is 0 Å². The minimum atomic E-state index is -0.304. The minimum absolute atomic E-state index is 0.304. The van der Waals surface area contributed by atoms with E-state index in [1.165, 1.54) is 30.5 Å². The van der Waals surface area contributed by atoms with E-state index < -0.39 is 0 Å². The fourth-order valence-corrected chi connectivity index (χ4v) is 2.54. The number of imidazole rings is 1. The zero-order valence-corrected chi connectivity index (χ0v) is 12.0. The Balaban J connectivity index is 2.01. The normalized spacial score (nSPS) is 11.1. The average molecular weight is 283 g/mol. The summed E-state index contributed by atoms with van der Waals surface area (Å²) < 4.78 is 15.1. The minimum Gasteiger partial charge on any atom is -0.369 e. The molecule has 2 aromatic carbocycles. The van der Waals surface area contributed by atoms with Crippen LogP contribution in [0.4, 0.5) is 10.3 Å². The number of aromatic nitrogens is 2. The molecule has 1 aromatic heterocycles. The monoisotopic (exact) mass is 283 g/mol. The van der Waals surface area contributed by atoms with Gasteiger partial charge in [-0.3, -0.25) is 4.57 Å². The van der Waals surface area contributed by atoms with E-state index in [1.54, 1.807) is 6.07 Å². The number of hydrogen-bond donors (Lipinski definition) is 1. The number of nitrogens with zero attached hydrogens (tertiary/aromatic N) is 2. The molecule has 0 saturated heterocycles. The molecule has 0 aliphatic heterocycles. The Bertz CT molecular complexity index is 760. The highest BCUT2D eigenvalue weighted by Gasteiger charge is 2.10. The molecule has 0 radical (unpaired) electrons. The van der Waals surface area contributed by atoms with Crippen molar-refractivity contribution in [3.8, 4) is 5.69 Å². The van der Waals surface area contributed by atoms with Crippen molar-refractivity contribution in [1.29, 1.82) is 0 Å². The van der Waals surface area contributed by atoms with Crippen molar-refractivity contribution in [2.75, 3.05) is 5.73 Å². The summed E-state index contributed by atoms with van der Waals surface area (Å²) in [6.07, 6.45) is 3.46. The van der Waals surface area contributed by atoms with E-state index in [2.05, 4.69) is 24.0 Å². The first-order valence-corrected chi connectivity index (χ1v) is 7.22. The molecular formula is C17H18FN3. The van der Waals surface area contributed by atoms with Crippen LogP contribution in [0, 0.1) is 5.82 Å². The zero-order valence-electron chi connectivity index (χ0n) is 12.0. The van der Waals surface area contributed by atoms with Crippen molar-refractivity contribution >= 4 is 17.0 Å². The molecule has 4 heteroatoms. The lowest BCUT2D eigenvalue weighted by Gasteiger charge is -2.08. The second-order valence-electron chi connectivity index (χ2n) is 5.21. The van der Waals surface area contributed by atoms with Gasteiger partial charge in [-0.25, -0.2) is 9.37 Å². The first-order chi connectivity index (χ1) is 10.2. The summed E-state index contributed by atoms with van der Waals surface area (Å²) in [7, 11) is 0. The van der Waals surface area contributed by atoms with Crippen molar-refractivity contribution in [2.24, 2.45) is 0 Å². The number of nitrogens with two attached hydrogens (primary N) is 1. The highest BCUT2D eigenvalue weighted by atomic mass is 19.1. The molecule has 0 aliphatic rings. The molecule has 0 spiro atoms. The third-order valence-electron chi connectivity index (χ3n) is 3.66. The van der Waals surface area contributed by atoms with Crippen LogP contribution in [-0.2, 0) is 6.42 Å². The van der Waals surface area contributed by atoms with Gasteiger partial charge in [0.1, 0.15) is 5.82 Å². The number of nitrogen functional groups attached to an aromatic ring is 1. The van der Waals surface area contributed by atoms with Gasteiger partial charge < -0.3 is 5.73 Å². The van der Waals surface area contributed by atoms with Crippen LogP contribution in [-0.4, -0.2) is 9.55 Å². The van der Waals surface area contributed by atoms with Crippen LogP contribution in [0.15, 0.2) is 42.5 Å². The van der Waals surface area contributed by atoms with Crippen molar-refractivity contribution in [3.63, 3.8) is 0 Å². The Hall–Kier alpha value is -2.36. The lowest BCUT2D eigenvalue weighted by Crippen LogP contribution is -2.00. The summed E-state index contributed by atoms with van der Waals surface area (Å²) in [5, 5.41) is 0. The fraction of sp³-hybridized carbons (Fsp3) is 0.235. The van der Waals surface area contributed by atoms with Gasteiger partial charge >= 0.3 is 0 Å². The SMILES string of the molecule is CCCCc1ccc(-n2c(N)nc3cc(F)ccc32)cc1. The Morgan fingerprint density at radius 3 is 2.62 bits per heavy atom. The molecule has 3 aromatic rings. The van der Waals surface area contributed by atoms with E-state index in [0.717, 1.165) is 17.6 Å². The van der Waals surface area contributed by atoms with Crippen LogP contribution >= 0.6 is 0 Å². The summed E-state index contributed by atoms with van der Waals surface area (Å²) >= 11 is 0. The lowest BCUT2D eigenvalue weighted by atomic mass is 10.1. The highest BCUT2D eigenvalue weighted by molar-refractivity contribution is 5.80. The first-order valence-electron chi connectivity index (χ1n) is 7.22. The number of hydrogen-bond acceptors (Lipinski definition) is 2. The Labute approximate surface area is 123 Å². The largest absolute Gasteiger partial charge is 0.369 e. The van der Waals surface area contributed by atoms with Crippen LogP contribution in [0.5, 0.6) is 0 Å². The molecule has 108 valence electrons. The molecule has 1 heterocycles. The van der Waals surface area contributed by atoms with Gasteiger partial charge in [0.15, 0.2) is 0 Å². The van der Waals surface area contributed by atoms with E-state index in [9.17, 15) is 4.39 Å². The lowest BCUT2D eigenvalue weighted by molar-refractivity contribution is 0.629. The molecule has 2 N–H and O–H groups in total. The number of benzene rings is 2. The van der Waals surface area contributed by atoms with Gasteiger partial charge in [-0.05, 0) is 42.7 Å². The molecule has 0 saturated carbocycles. The van der Waals surface area contributed by atoms with Gasteiger partial charge in [0.05, 0.1) is 11.0 Å². The van der Waals surface area contributed by atoms with Gasteiger partial charge in [-0.1, -0.05) is 25.5 Å². The van der Waals surface area contributed by atoms with Gasteiger partial charge in [0.25, 0.3) is 0 Å². The van der Waals surface area contributed by atoms with Gasteiger partial charge in [0, 0.05) is 11.8 Å².